The lowest BCUT2D eigenvalue weighted by atomic mass is 10.1. The van der Waals surface area contributed by atoms with Crippen LogP contribution in [-0.4, -0.2) is 43.4 Å². The van der Waals surface area contributed by atoms with Crippen molar-refractivity contribution in [3.05, 3.63) is 0 Å². The number of rotatable bonds is 6. The van der Waals surface area contributed by atoms with E-state index in [9.17, 15) is 4.79 Å². The minimum Gasteiger partial charge on any atom is -0.465 e. The van der Waals surface area contributed by atoms with Crippen molar-refractivity contribution in [3.63, 3.8) is 0 Å². The maximum atomic E-state index is 11.0. The Hall–Kier alpha value is -2.47. The molecule has 0 aliphatic heterocycles. The zero-order valence-electron chi connectivity index (χ0n) is 11.8. The summed E-state index contributed by atoms with van der Waals surface area (Å²) in [5, 5.41) is 16.2. The van der Waals surface area contributed by atoms with Crippen LogP contribution in [0, 0.1) is 16.2 Å². The Labute approximate surface area is 122 Å². The minimum atomic E-state index is -0.475. The fourth-order valence-electron chi connectivity index (χ4n) is 0.876. The molecular weight excluding hydrogens is 282 g/mol. The zero-order chi connectivity index (χ0) is 17.5. The van der Waals surface area contributed by atoms with E-state index in [1.54, 1.807) is 6.92 Å². The molecule has 0 rings (SSSR count). The SMILES string of the molecule is CCOC(=O)[C@@H](N)CCCCN.N=C=O.N=C=O.N=C=O. The molecule has 0 radical (unpaired) electrons. The van der Waals surface area contributed by atoms with E-state index in [-0.39, 0.29) is 5.97 Å². The number of esters is 1. The van der Waals surface area contributed by atoms with E-state index in [0.717, 1.165) is 31.1 Å². The van der Waals surface area contributed by atoms with E-state index in [0.29, 0.717) is 19.6 Å². The van der Waals surface area contributed by atoms with E-state index < -0.39 is 6.04 Å². The van der Waals surface area contributed by atoms with Gasteiger partial charge in [0.05, 0.1) is 6.61 Å². The summed E-state index contributed by atoms with van der Waals surface area (Å²) in [5.74, 6) is -0.311. The lowest BCUT2D eigenvalue weighted by Gasteiger charge is -2.09. The number of nitrogens with two attached hydrogens (primary N) is 2. The third-order valence-corrected chi connectivity index (χ3v) is 1.56. The summed E-state index contributed by atoms with van der Waals surface area (Å²) in [5.41, 5.74) is 10.8. The molecule has 0 aromatic carbocycles. The first-order valence-electron chi connectivity index (χ1n) is 5.70. The monoisotopic (exact) mass is 303 g/mol. The highest BCUT2D eigenvalue weighted by Gasteiger charge is 2.12. The smallest absolute Gasteiger partial charge is 0.322 e. The molecule has 10 heteroatoms. The van der Waals surface area contributed by atoms with Crippen molar-refractivity contribution >= 4 is 24.2 Å². The van der Waals surface area contributed by atoms with Crippen molar-refractivity contribution in [1.82, 2.24) is 0 Å². The van der Waals surface area contributed by atoms with Gasteiger partial charge in [0.15, 0.2) is 0 Å². The molecule has 0 bridgehead atoms. The van der Waals surface area contributed by atoms with Gasteiger partial charge in [0.2, 0.25) is 18.2 Å². The van der Waals surface area contributed by atoms with Crippen molar-refractivity contribution in [2.75, 3.05) is 13.2 Å². The Bertz CT molecular complexity index is 301. The molecule has 0 amide bonds. The minimum absolute atomic E-state index is 0.311. The highest BCUT2D eigenvalue weighted by molar-refractivity contribution is 5.75. The number of ether oxygens (including phenoxy) is 1. The number of nitrogens with one attached hydrogen (secondary N) is 3. The van der Waals surface area contributed by atoms with Crippen LogP contribution in [0.2, 0.25) is 0 Å². The molecule has 0 fully saturated rings. The third kappa shape index (κ3) is 46.6. The van der Waals surface area contributed by atoms with Gasteiger partial charge in [0.1, 0.15) is 6.04 Å². The maximum absolute atomic E-state index is 11.0. The Morgan fingerprint density at radius 2 is 1.48 bits per heavy atom. The number of carbonyl (C=O) groups is 1. The molecule has 0 aromatic heterocycles. The summed E-state index contributed by atoms with van der Waals surface area (Å²) < 4.78 is 4.74. The van der Waals surface area contributed by atoms with Gasteiger partial charge in [0.25, 0.3) is 0 Å². The third-order valence-electron chi connectivity index (χ3n) is 1.56. The van der Waals surface area contributed by atoms with Crippen LogP contribution in [0.4, 0.5) is 0 Å². The van der Waals surface area contributed by atoms with Gasteiger partial charge in [-0.15, -0.1) is 0 Å². The number of carbonyl (C=O) groups excluding carboxylic acids is 4. The summed E-state index contributed by atoms with van der Waals surface area (Å²) in [6.07, 6.45) is 4.71. The van der Waals surface area contributed by atoms with Crippen molar-refractivity contribution < 1.29 is 23.9 Å². The van der Waals surface area contributed by atoms with Crippen LogP contribution in [0.1, 0.15) is 26.2 Å². The van der Waals surface area contributed by atoms with Crippen LogP contribution < -0.4 is 11.5 Å². The van der Waals surface area contributed by atoms with Crippen LogP contribution in [0.5, 0.6) is 0 Å². The number of hydrogen-bond acceptors (Lipinski definition) is 10. The second kappa shape index (κ2) is 30.5. The Balaban J connectivity index is -0.000000132. The molecule has 0 saturated heterocycles. The lowest BCUT2D eigenvalue weighted by Crippen LogP contribution is -2.32. The van der Waals surface area contributed by atoms with Gasteiger partial charge in [-0.05, 0) is 26.3 Å². The molecule has 0 heterocycles. The molecule has 1 atom stereocenters. The van der Waals surface area contributed by atoms with E-state index in [4.69, 9.17) is 46.8 Å². The molecule has 0 spiro atoms. The van der Waals surface area contributed by atoms with Crippen molar-refractivity contribution in [3.8, 4) is 0 Å². The average molecular weight is 303 g/mol. The summed E-state index contributed by atoms with van der Waals surface area (Å²) in [6.45, 7) is 2.81. The molecule has 7 N–H and O–H groups in total. The normalized spacial score (nSPS) is 8.33. The van der Waals surface area contributed by atoms with Crippen LogP contribution in [0.3, 0.4) is 0 Å². The van der Waals surface area contributed by atoms with Crippen molar-refractivity contribution in [2.24, 2.45) is 11.5 Å². The Morgan fingerprint density at radius 1 is 1.10 bits per heavy atom. The zero-order valence-corrected chi connectivity index (χ0v) is 11.8. The first kappa shape index (κ1) is 27.0. The summed E-state index contributed by atoms with van der Waals surface area (Å²) in [4.78, 5) is 36.0. The maximum Gasteiger partial charge on any atom is 0.322 e. The van der Waals surface area contributed by atoms with Gasteiger partial charge in [-0.25, -0.2) is 30.6 Å². The molecule has 10 nitrogen and oxygen atoms in total. The molecule has 0 aromatic rings. The van der Waals surface area contributed by atoms with Crippen LogP contribution in [0.15, 0.2) is 0 Å². The second-order valence-corrected chi connectivity index (χ2v) is 2.95. The van der Waals surface area contributed by atoms with Gasteiger partial charge >= 0.3 is 5.97 Å². The lowest BCUT2D eigenvalue weighted by molar-refractivity contribution is -0.144. The predicted octanol–water partition coefficient (Wildman–Crippen LogP) is -0.291. The molecule has 0 saturated carbocycles. The fraction of sp³-hybridized carbons (Fsp3) is 0.636. The van der Waals surface area contributed by atoms with Gasteiger partial charge in [-0.3, -0.25) is 4.79 Å². The summed E-state index contributed by atoms with van der Waals surface area (Å²) in [7, 11) is 0. The van der Waals surface area contributed by atoms with Crippen LogP contribution >= 0.6 is 0 Å². The first-order chi connectivity index (χ1) is 9.96. The second-order valence-electron chi connectivity index (χ2n) is 2.95. The van der Waals surface area contributed by atoms with Gasteiger partial charge in [-0.1, -0.05) is 6.42 Å². The van der Waals surface area contributed by atoms with E-state index >= 15 is 0 Å². The summed E-state index contributed by atoms with van der Waals surface area (Å²) in [6, 6.07) is -0.475. The first-order valence-corrected chi connectivity index (χ1v) is 5.70. The van der Waals surface area contributed by atoms with Gasteiger partial charge in [-0.2, -0.15) is 0 Å². The summed E-state index contributed by atoms with van der Waals surface area (Å²) >= 11 is 0. The number of hydrogen-bond donors (Lipinski definition) is 5. The standard InChI is InChI=1S/C8H18N2O2.3CHNO/c1-2-12-8(11)7(10)5-3-4-6-9;3*2-1-3/h7H,2-6,9-10H2,1H3;3*2H/t7-;;;/m0.../s1. The molecule has 0 aliphatic carbocycles. The van der Waals surface area contributed by atoms with E-state index in [1.807, 2.05) is 0 Å². The Morgan fingerprint density at radius 3 is 1.76 bits per heavy atom. The topological polar surface area (TPSA) is 201 Å². The van der Waals surface area contributed by atoms with Crippen LogP contribution in [-0.2, 0) is 23.9 Å². The van der Waals surface area contributed by atoms with Crippen LogP contribution in [0.25, 0.3) is 0 Å². The average Bonchev–Trinajstić information content (AvgIpc) is 2.42. The quantitative estimate of drug-likeness (QED) is 0.192. The Kier molecular flexibility index (Phi) is 39.2. The molecule has 21 heavy (non-hydrogen) atoms. The van der Waals surface area contributed by atoms with Crippen molar-refractivity contribution in [2.45, 2.75) is 32.2 Å². The highest BCUT2D eigenvalue weighted by atomic mass is 16.5. The largest absolute Gasteiger partial charge is 0.465 e. The predicted molar refractivity (Wildman–Crippen MR) is 72.8 cm³/mol. The highest BCUT2D eigenvalue weighted by Crippen LogP contribution is 1.99. The van der Waals surface area contributed by atoms with E-state index in [2.05, 4.69) is 0 Å². The molecule has 0 aliphatic rings. The van der Waals surface area contributed by atoms with Crippen molar-refractivity contribution in [1.29, 1.82) is 16.2 Å². The van der Waals surface area contributed by atoms with Gasteiger partial charge in [0, 0.05) is 0 Å². The number of unbranched alkanes of at least 4 members (excludes halogenated alkanes) is 1. The molecular formula is C11H21N5O5. The van der Waals surface area contributed by atoms with E-state index in [1.165, 1.54) is 0 Å². The molecule has 120 valence electrons. The molecule has 0 unspecified atom stereocenters. The fourth-order valence-corrected chi connectivity index (χ4v) is 0.876. The van der Waals surface area contributed by atoms with Gasteiger partial charge < -0.3 is 16.2 Å². The number of isocyanates is 3.